The lowest BCUT2D eigenvalue weighted by Crippen LogP contribution is -2.31. The van der Waals surface area contributed by atoms with E-state index in [2.05, 4.69) is 16.3 Å². The molecule has 0 saturated carbocycles. The van der Waals surface area contributed by atoms with E-state index in [0.717, 1.165) is 24.5 Å². The molecule has 1 aliphatic heterocycles. The molecule has 3 rings (SSSR count). The average Bonchev–Trinajstić information content (AvgIpc) is 2.67. The number of benzene rings is 2. The zero-order valence-electron chi connectivity index (χ0n) is 14.1. The zero-order valence-corrected chi connectivity index (χ0v) is 14.1. The second-order valence-corrected chi connectivity index (χ2v) is 6.01. The molecule has 1 fully saturated rings. The number of ether oxygens (including phenoxy) is 1. The maximum absolute atomic E-state index is 12.3. The quantitative estimate of drug-likeness (QED) is 0.907. The minimum absolute atomic E-state index is 0.132. The summed E-state index contributed by atoms with van der Waals surface area (Å²) in [6.45, 7) is 1.89. The van der Waals surface area contributed by atoms with Crippen LogP contribution in [0.2, 0.25) is 0 Å². The Morgan fingerprint density at radius 3 is 2.60 bits per heavy atom. The van der Waals surface area contributed by atoms with Gasteiger partial charge in [0.15, 0.2) is 6.61 Å². The SMILES string of the molecule is N#Cc1ccccc1OCC(=O)Nc1ccccc1N1CCCCC1. The van der Waals surface area contributed by atoms with Crippen LogP contribution < -0.4 is 15.0 Å². The van der Waals surface area contributed by atoms with Crippen molar-refractivity contribution < 1.29 is 9.53 Å². The molecule has 25 heavy (non-hydrogen) atoms. The molecule has 5 nitrogen and oxygen atoms in total. The third kappa shape index (κ3) is 4.30. The molecule has 0 aromatic heterocycles. The molecular formula is C20H21N3O2. The standard InChI is InChI=1S/C20H21N3O2/c21-14-16-8-2-5-11-19(16)25-15-20(24)22-17-9-3-4-10-18(17)23-12-6-1-7-13-23/h2-5,8-11H,1,6-7,12-13,15H2,(H,22,24). The predicted octanol–water partition coefficient (Wildman–Crippen LogP) is 3.57. The Morgan fingerprint density at radius 2 is 1.80 bits per heavy atom. The molecule has 0 aliphatic carbocycles. The first-order chi connectivity index (χ1) is 12.3. The molecule has 1 aliphatic rings. The van der Waals surface area contributed by atoms with E-state index >= 15 is 0 Å². The van der Waals surface area contributed by atoms with Crippen LogP contribution in [0.3, 0.4) is 0 Å². The molecule has 1 heterocycles. The molecule has 0 radical (unpaired) electrons. The van der Waals surface area contributed by atoms with Gasteiger partial charge in [0.1, 0.15) is 11.8 Å². The number of carbonyl (C=O) groups is 1. The molecule has 2 aromatic carbocycles. The highest BCUT2D eigenvalue weighted by Gasteiger charge is 2.15. The van der Waals surface area contributed by atoms with Gasteiger partial charge in [0.25, 0.3) is 5.91 Å². The predicted molar refractivity (Wildman–Crippen MR) is 97.8 cm³/mol. The van der Waals surface area contributed by atoms with Crippen molar-refractivity contribution in [3.05, 3.63) is 54.1 Å². The fourth-order valence-electron chi connectivity index (χ4n) is 3.00. The fraction of sp³-hybridized carbons (Fsp3) is 0.300. The van der Waals surface area contributed by atoms with Crippen LogP contribution in [0.25, 0.3) is 0 Å². The number of nitrogens with one attached hydrogen (secondary N) is 1. The number of para-hydroxylation sites is 3. The minimum Gasteiger partial charge on any atom is -0.482 e. The van der Waals surface area contributed by atoms with E-state index in [9.17, 15) is 4.79 Å². The van der Waals surface area contributed by atoms with Crippen molar-refractivity contribution in [3.63, 3.8) is 0 Å². The van der Waals surface area contributed by atoms with E-state index in [1.54, 1.807) is 24.3 Å². The Bertz CT molecular complexity index is 777. The molecule has 1 saturated heterocycles. The highest BCUT2D eigenvalue weighted by atomic mass is 16.5. The smallest absolute Gasteiger partial charge is 0.262 e. The van der Waals surface area contributed by atoms with Crippen LogP contribution in [0, 0.1) is 11.3 Å². The molecular weight excluding hydrogens is 314 g/mol. The van der Waals surface area contributed by atoms with Gasteiger partial charge >= 0.3 is 0 Å². The summed E-state index contributed by atoms with van der Waals surface area (Å²) in [6, 6.07) is 16.8. The first-order valence-electron chi connectivity index (χ1n) is 8.53. The number of carbonyl (C=O) groups excluding carboxylic acids is 1. The number of hydrogen-bond acceptors (Lipinski definition) is 4. The van der Waals surface area contributed by atoms with Gasteiger partial charge in [-0.3, -0.25) is 4.79 Å². The lowest BCUT2D eigenvalue weighted by atomic mass is 10.1. The lowest BCUT2D eigenvalue weighted by molar-refractivity contribution is -0.118. The number of nitriles is 1. The molecule has 1 N–H and O–H groups in total. The topological polar surface area (TPSA) is 65.4 Å². The molecule has 0 atom stereocenters. The second-order valence-electron chi connectivity index (χ2n) is 6.01. The third-order valence-electron chi connectivity index (χ3n) is 4.24. The van der Waals surface area contributed by atoms with Crippen molar-refractivity contribution in [1.82, 2.24) is 0 Å². The van der Waals surface area contributed by atoms with Crippen LogP contribution in [-0.2, 0) is 4.79 Å². The minimum atomic E-state index is -0.239. The maximum atomic E-state index is 12.3. The molecule has 2 aromatic rings. The summed E-state index contributed by atoms with van der Waals surface area (Å²) in [4.78, 5) is 14.6. The first-order valence-corrected chi connectivity index (χ1v) is 8.53. The Labute approximate surface area is 147 Å². The summed E-state index contributed by atoms with van der Waals surface area (Å²) in [5.74, 6) is 0.182. The van der Waals surface area contributed by atoms with E-state index in [0.29, 0.717) is 11.3 Å². The third-order valence-corrected chi connectivity index (χ3v) is 4.24. The maximum Gasteiger partial charge on any atom is 0.262 e. The second kappa shape index (κ2) is 8.20. The molecule has 0 unspecified atom stereocenters. The van der Waals surface area contributed by atoms with E-state index in [1.165, 1.54) is 19.3 Å². The Hall–Kier alpha value is -3.00. The number of rotatable bonds is 5. The highest BCUT2D eigenvalue weighted by molar-refractivity contribution is 5.95. The van der Waals surface area contributed by atoms with Gasteiger partial charge < -0.3 is 15.0 Å². The average molecular weight is 335 g/mol. The lowest BCUT2D eigenvalue weighted by Gasteiger charge is -2.30. The largest absolute Gasteiger partial charge is 0.482 e. The molecule has 1 amide bonds. The van der Waals surface area contributed by atoms with E-state index in [4.69, 9.17) is 10.00 Å². The van der Waals surface area contributed by atoms with Gasteiger partial charge in [-0.15, -0.1) is 0 Å². The van der Waals surface area contributed by atoms with Crippen LogP contribution in [-0.4, -0.2) is 25.6 Å². The summed E-state index contributed by atoms with van der Waals surface area (Å²) in [6.07, 6.45) is 3.61. The van der Waals surface area contributed by atoms with Crippen molar-refractivity contribution in [3.8, 4) is 11.8 Å². The van der Waals surface area contributed by atoms with Gasteiger partial charge in [0.05, 0.1) is 16.9 Å². The van der Waals surface area contributed by atoms with Crippen molar-refractivity contribution in [2.75, 3.05) is 29.9 Å². The summed E-state index contributed by atoms with van der Waals surface area (Å²) < 4.78 is 5.50. The van der Waals surface area contributed by atoms with Gasteiger partial charge in [0.2, 0.25) is 0 Å². The first kappa shape index (κ1) is 16.8. The van der Waals surface area contributed by atoms with Crippen LogP contribution in [0.15, 0.2) is 48.5 Å². The van der Waals surface area contributed by atoms with Crippen molar-refractivity contribution >= 4 is 17.3 Å². The van der Waals surface area contributed by atoms with Crippen LogP contribution in [0.5, 0.6) is 5.75 Å². The molecule has 5 heteroatoms. The van der Waals surface area contributed by atoms with Gasteiger partial charge in [0, 0.05) is 13.1 Å². The summed E-state index contributed by atoms with van der Waals surface area (Å²) in [5.41, 5.74) is 2.27. The van der Waals surface area contributed by atoms with Crippen molar-refractivity contribution in [1.29, 1.82) is 5.26 Å². The fourth-order valence-corrected chi connectivity index (χ4v) is 3.00. The number of nitrogens with zero attached hydrogens (tertiary/aromatic N) is 2. The van der Waals surface area contributed by atoms with Crippen LogP contribution in [0.4, 0.5) is 11.4 Å². The van der Waals surface area contributed by atoms with Crippen LogP contribution in [0.1, 0.15) is 24.8 Å². The normalized spacial score (nSPS) is 13.8. The Kier molecular flexibility index (Phi) is 5.53. The Morgan fingerprint density at radius 1 is 1.08 bits per heavy atom. The van der Waals surface area contributed by atoms with Crippen LogP contribution >= 0.6 is 0 Å². The van der Waals surface area contributed by atoms with Gasteiger partial charge in [-0.2, -0.15) is 5.26 Å². The van der Waals surface area contributed by atoms with Crippen molar-refractivity contribution in [2.45, 2.75) is 19.3 Å². The molecule has 0 spiro atoms. The molecule has 128 valence electrons. The number of amides is 1. The number of hydrogen-bond donors (Lipinski definition) is 1. The van der Waals surface area contributed by atoms with Gasteiger partial charge in [-0.25, -0.2) is 0 Å². The summed E-state index contributed by atoms with van der Waals surface area (Å²) in [5, 5.41) is 12.0. The highest BCUT2D eigenvalue weighted by Crippen LogP contribution is 2.28. The van der Waals surface area contributed by atoms with Gasteiger partial charge in [-0.1, -0.05) is 24.3 Å². The van der Waals surface area contributed by atoms with E-state index in [1.807, 2.05) is 24.3 Å². The number of piperidine rings is 1. The molecule has 0 bridgehead atoms. The Balaban J connectivity index is 1.64. The zero-order chi connectivity index (χ0) is 17.5. The number of anilines is 2. The summed E-state index contributed by atoms with van der Waals surface area (Å²) >= 11 is 0. The van der Waals surface area contributed by atoms with E-state index in [-0.39, 0.29) is 12.5 Å². The van der Waals surface area contributed by atoms with Crippen molar-refractivity contribution in [2.24, 2.45) is 0 Å². The monoisotopic (exact) mass is 335 g/mol. The van der Waals surface area contributed by atoms with E-state index < -0.39 is 0 Å². The summed E-state index contributed by atoms with van der Waals surface area (Å²) in [7, 11) is 0. The van der Waals surface area contributed by atoms with Gasteiger partial charge in [-0.05, 0) is 43.5 Å².